The van der Waals surface area contributed by atoms with Crippen molar-refractivity contribution in [3.05, 3.63) is 59.3 Å². The van der Waals surface area contributed by atoms with Gasteiger partial charge in [-0.25, -0.2) is 4.79 Å². The molecule has 90 valence electrons. The Morgan fingerprint density at radius 2 is 2.22 bits per heavy atom. The number of hydrogen-bond acceptors (Lipinski definition) is 2. The average molecular weight is 239 g/mol. The van der Waals surface area contributed by atoms with Crippen LogP contribution >= 0.6 is 0 Å². The predicted octanol–water partition coefficient (Wildman–Crippen LogP) is 2.82. The Kier molecular flexibility index (Phi) is 4.65. The minimum atomic E-state index is -0.967. The summed E-state index contributed by atoms with van der Waals surface area (Å²) in [7, 11) is 0. The fraction of sp³-hybridized carbons (Fsp3) is 0.0667. The highest BCUT2D eigenvalue weighted by molar-refractivity contribution is 5.88. The largest absolute Gasteiger partial charge is 0.478 e. The van der Waals surface area contributed by atoms with E-state index in [1.54, 1.807) is 24.3 Å². The van der Waals surface area contributed by atoms with Gasteiger partial charge in [0.2, 0.25) is 0 Å². The van der Waals surface area contributed by atoms with Crippen molar-refractivity contribution in [1.82, 2.24) is 0 Å². The van der Waals surface area contributed by atoms with Crippen molar-refractivity contribution in [2.75, 3.05) is 0 Å². The fourth-order valence-corrected chi connectivity index (χ4v) is 1.26. The molecule has 3 heteroatoms. The maximum Gasteiger partial charge on any atom is 0.335 e. The molecule has 0 saturated heterocycles. The molecule has 0 amide bonds. The van der Waals surface area contributed by atoms with E-state index in [0.717, 1.165) is 5.56 Å². The average Bonchev–Trinajstić information content (AvgIpc) is 2.35. The Balaban J connectivity index is 3.18. The number of carbonyl (C=O) groups is 1. The Morgan fingerprint density at radius 1 is 1.50 bits per heavy atom. The van der Waals surface area contributed by atoms with E-state index in [9.17, 15) is 4.79 Å². The van der Waals surface area contributed by atoms with Crippen molar-refractivity contribution >= 4 is 12.7 Å². The Morgan fingerprint density at radius 3 is 2.78 bits per heavy atom. The van der Waals surface area contributed by atoms with Gasteiger partial charge in [0.15, 0.2) is 0 Å². The van der Waals surface area contributed by atoms with Gasteiger partial charge in [0.1, 0.15) is 0 Å². The van der Waals surface area contributed by atoms with Gasteiger partial charge in [-0.3, -0.25) is 4.99 Å². The third kappa shape index (κ3) is 3.46. The zero-order chi connectivity index (χ0) is 13.5. The van der Waals surface area contributed by atoms with E-state index >= 15 is 0 Å². The van der Waals surface area contributed by atoms with Crippen LogP contribution in [0.25, 0.3) is 0 Å². The molecule has 0 bridgehead atoms. The molecule has 3 nitrogen and oxygen atoms in total. The van der Waals surface area contributed by atoms with E-state index in [2.05, 4.69) is 30.1 Å². The van der Waals surface area contributed by atoms with Crippen LogP contribution in [-0.4, -0.2) is 17.8 Å². The molecular weight excluding hydrogens is 226 g/mol. The van der Waals surface area contributed by atoms with Gasteiger partial charge in [-0.05, 0) is 31.3 Å². The molecule has 1 aromatic carbocycles. The van der Waals surface area contributed by atoms with Crippen molar-refractivity contribution in [3.8, 4) is 11.8 Å². The summed E-state index contributed by atoms with van der Waals surface area (Å²) in [5, 5.41) is 8.91. The monoisotopic (exact) mass is 239 g/mol. The van der Waals surface area contributed by atoms with Crippen LogP contribution in [0.1, 0.15) is 21.5 Å². The third-order valence-corrected chi connectivity index (χ3v) is 2.28. The first-order valence-electron chi connectivity index (χ1n) is 5.23. The normalized spacial score (nSPS) is 10.2. The molecule has 0 fully saturated rings. The lowest BCUT2D eigenvalue weighted by molar-refractivity contribution is 0.0697. The number of allylic oxidation sites excluding steroid dienone is 2. The number of carboxylic acid groups (broad SMARTS) is 1. The van der Waals surface area contributed by atoms with Crippen LogP contribution in [0, 0.1) is 18.8 Å². The number of aryl methyl sites for hydroxylation is 1. The van der Waals surface area contributed by atoms with Gasteiger partial charge in [0, 0.05) is 17.3 Å². The molecule has 0 saturated carbocycles. The number of hydrogen-bond donors (Lipinski definition) is 1. The predicted molar refractivity (Wildman–Crippen MR) is 72.8 cm³/mol. The summed E-state index contributed by atoms with van der Waals surface area (Å²) in [4.78, 5) is 14.5. The zero-order valence-corrected chi connectivity index (χ0v) is 10.1. The smallest absolute Gasteiger partial charge is 0.335 e. The van der Waals surface area contributed by atoms with E-state index in [1.807, 2.05) is 6.92 Å². The highest BCUT2D eigenvalue weighted by Crippen LogP contribution is 2.10. The molecule has 0 aromatic heterocycles. The van der Waals surface area contributed by atoms with E-state index in [0.29, 0.717) is 11.1 Å². The van der Waals surface area contributed by atoms with E-state index in [4.69, 9.17) is 5.11 Å². The molecule has 0 unspecified atom stereocenters. The summed E-state index contributed by atoms with van der Waals surface area (Å²) in [6.45, 7) is 8.82. The molecule has 0 atom stereocenters. The SMILES string of the molecule is C=C/C(C#Cc1cc(C(=O)O)ccc1C)=C\N=C. The molecular formula is C15H13NO2. The maximum atomic E-state index is 10.9. The lowest BCUT2D eigenvalue weighted by Gasteiger charge is -1.99. The second-order valence-corrected chi connectivity index (χ2v) is 3.56. The van der Waals surface area contributed by atoms with E-state index in [1.165, 1.54) is 6.20 Å². The highest BCUT2D eigenvalue weighted by atomic mass is 16.4. The van der Waals surface area contributed by atoms with Crippen LogP contribution in [0.4, 0.5) is 0 Å². The van der Waals surface area contributed by atoms with Gasteiger partial charge in [-0.1, -0.05) is 30.6 Å². The van der Waals surface area contributed by atoms with Gasteiger partial charge >= 0.3 is 5.97 Å². The van der Waals surface area contributed by atoms with Crippen LogP contribution in [0.5, 0.6) is 0 Å². The summed E-state index contributed by atoms with van der Waals surface area (Å²) >= 11 is 0. The molecule has 0 heterocycles. The third-order valence-electron chi connectivity index (χ3n) is 2.28. The lowest BCUT2D eigenvalue weighted by atomic mass is 10.0. The van der Waals surface area contributed by atoms with Crippen LogP contribution < -0.4 is 0 Å². The number of nitrogens with zero attached hydrogens (tertiary/aromatic N) is 1. The van der Waals surface area contributed by atoms with Gasteiger partial charge in [-0.15, -0.1) is 0 Å². The van der Waals surface area contributed by atoms with Gasteiger partial charge in [0.05, 0.1) is 5.56 Å². The van der Waals surface area contributed by atoms with Crippen molar-refractivity contribution in [2.24, 2.45) is 4.99 Å². The quantitative estimate of drug-likeness (QED) is 0.501. The van der Waals surface area contributed by atoms with Gasteiger partial charge in [0.25, 0.3) is 0 Å². The minimum Gasteiger partial charge on any atom is -0.478 e. The molecule has 0 aliphatic heterocycles. The van der Waals surface area contributed by atoms with E-state index in [-0.39, 0.29) is 5.56 Å². The van der Waals surface area contributed by atoms with Crippen LogP contribution in [0.2, 0.25) is 0 Å². The summed E-state index contributed by atoms with van der Waals surface area (Å²) in [5.74, 6) is 4.80. The van der Waals surface area contributed by atoms with Crippen LogP contribution in [0.15, 0.2) is 47.6 Å². The first-order chi connectivity index (χ1) is 8.58. The van der Waals surface area contributed by atoms with Crippen LogP contribution in [-0.2, 0) is 0 Å². The number of benzene rings is 1. The lowest BCUT2D eigenvalue weighted by Crippen LogP contribution is -1.97. The zero-order valence-electron chi connectivity index (χ0n) is 10.1. The maximum absolute atomic E-state index is 10.9. The Hall–Kier alpha value is -2.60. The number of aromatic carboxylic acids is 1. The van der Waals surface area contributed by atoms with Crippen LogP contribution in [0.3, 0.4) is 0 Å². The first-order valence-corrected chi connectivity index (χ1v) is 5.23. The van der Waals surface area contributed by atoms with E-state index < -0.39 is 5.97 Å². The van der Waals surface area contributed by atoms with Crippen molar-refractivity contribution < 1.29 is 9.90 Å². The second kappa shape index (κ2) is 6.21. The molecule has 1 aromatic rings. The highest BCUT2D eigenvalue weighted by Gasteiger charge is 2.04. The fourth-order valence-electron chi connectivity index (χ4n) is 1.26. The van der Waals surface area contributed by atoms with Crippen molar-refractivity contribution in [1.29, 1.82) is 0 Å². The first kappa shape index (κ1) is 13.5. The van der Waals surface area contributed by atoms with Crippen molar-refractivity contribution in [2.45, 2.75) is 6.92 Å². The number of aliphatic imine (C=N–C) groups is 1. The minimum absolute atomic E-state index is 0.218. The number of rotatable bonds is 3. The molecule has 1 N–H and O–H groups in total. The number of carboxylic acids is 1. The topological polar surface area (TPSA) is 49.7 Å². The van der Waals surface area contributed by atoms with Crippen molar-refractivity contribution in [3.63, 3.8) is 0 Å². The summed E-state index contributed by atoms with van der Waals surface area (Å²) < 4.78 is 0. The molecule has 1 rings (SSSR count). The Bertz CT molecular complexity index is 586. The standard InChI is InChI=1S/C15H13NO2/c1-4-12(10-16-3)6-8-13-9-14(15(17)18)7-5-11(13)2/h4-5,7,9-10H,1,3H2,2H3,(H,17,18)/b12-10+. The summed E-state index contributed by atoms with van der Waals surface area (Å²) in [5.41, 5.74) is 2.44. The second-order valence-electron chi connectivity index (χ2n) is 3.56. The Labute approximate surface area is 106 Å². The van der Waals surface area contributed by atoms with Gasteiger partial charge in [-0.2, -0.15) is 0 Å². The summed E-state index contributed by atoms with van der Waals surface area (Å²) in [6.07, 6.45) is 3.06. The molecule has 0 spiro atoms. The molecule has 18 heavy (non-hydrogen) atoms. The molecule has 0 aliphatic carbocycles. The molecule has 0 aliphatic rings. The molecule has 0 radical (unpaired) electrons. The van der Waals surface area contributed by atoms with Gasteiger partial charge < -0.3 is 5.11 Å². The summed E-state index contributed by atoms with van der Waals surface area (Å²) in [6, 6.07) is 4.83.